The quantitative estimate of drug-likeness (QED) is 0.818. The monoisotopic (exact) mass is 297 g/mol. The number of carbonyl (C=O) groups is 2. The lowest BCUT2D eigenvalue weighted by Crippen LogP contribution is -2.51. The number of nitrogens with zero attached hydrogens (tertiary/aromatic N) is 2. The van der Waals surface area contributed by atoms with Crippen LogP contribution < -0.4 is 5.32 Å². The van der Waals surface area contributed by atoms with Crippen molar-refractivity contribution in [1.29, 1.82) is 0 Å². The van der Waals surface area contributed by atoms with Crippen molar-refractivity contribution >= 4 is 12.0 Å². The summed E-state index contributed by atoms with van der Waals surface area (Å²) in [7, 11) is 0. The molecule has 2 saturated heterocycles. The average Bonchev–Trinajstić information content (AvgIpc) is 2.46. The molecule has 120 valence electrons. The second-order valence-corrected chi connectivity index (χ2v) is 6.45. The van der Waals surface area contributed by atoms with Gasteiger partial charge < -0.3 is 20.2 Å². The van der Waals surface area contributed by atoms with E-state index >= 15 is 0 Å². The van der Waals surface area contributed by atoms with E-state index in [2.05, 4.69) is 12.2 Å². The van der Waals surface area contributed by atoms with E-state index < -0.39 is 5.97 Å². The first-order chi connectivity index (χ1) is 10.1. The Morgan fingerprint density at radius 1 is 1.14 bits per heavy atom. The van der Waals surface area contributed by atoms with Crippen LogP contribution in [0.1, 0.15) is 32.6 Å². The summed E-state index contributed by atoms with van der Waals surface area (Å²) in [6.07, 6.45) is 4.39. The maximum Gasteiger partial charge on any atom is 0.320 e. The molecule has 2 unspecified atom stereocenters. The Morgan fingerprint density at radius 2 is 1.81 bits per heavy atom. The van der Waals surface area contributed by atoms with Crippen molar-refractivity contribution in [1.82, 2.24) is 15.1 Å². The highest BCUT2D eigenvalue weighted by molar-refractivity contribution is 5.74. The summed E-state index contributed by atoms with van der Waals surface area (Å²) in [5.41, 5.74) is 0. The molecule has 0 bridgehead atoms. The van der Waals surface area contributed by atoms with E-state index in [0.29, 0.717) is 18.4 Å². The van der Waals surface area contributed by atoms with Gasteiger partial charge >= 0.3 is 12.0 Å². The van der Waals surface area contributed by atoms with Gasteiger partial charge in [0.2, 0.25) is 0 Å². The minimum Gasteiger partial charge on any atom is -0.480 e. The molecule has 2 amide bonds. The molecule has 2 fully saturated rings. The number of carboxylic acid groups (broad SMARTS) is 1. The second-order valence-electron chi connectivity index (χ2n) is 6.45. The van der Waals surface area contributed by atoms with Gasteiger partial charge in [0.25, 0.3) is 0 Å². The number of carboxylic acids is 1. The van der Waals surface area contributed by atoms with Gasteiger partial charge in [0.1, 0.15) is 0 Å². The predicted molar refractivity (Wildman–Crippen MR) is 80.2 cm³/mol. The fourth-order valence-electron chi connectivity index (χ4n) is 3.35. The van der Waals surface area contributed by atoms with Crippen molar-refractivity contribution in [2.75, 3.05) is 39.3 Å². The van der Waals surface area contributed by atoms with Gasteiger partial charge in [-0.3, -0.25) is 4.79 Å². The van der Waals surface area contributed by atoms with E-state index in [1.807, 2.05) is 9.80 Å². The first-order valence-electron chi connectivity index (χ1n) is 8.02. The fourth-order valence-corrected chi connectivity index (χ4v) is 3.35. The summed E-state index contributed by atoms with van der Waals surface area (Å²) >= 11 is 0. The Labute approximate surface area is 126 Å². The molecule has 2 rings (SSSR count). The number of piperidine rings is 2. The first-order valence-corrected chi connectivity index (χ1v) is 8.02. The standard InChI is InChI=1S/C15H27N3O3/c1-12-4-2-6-17(10-12)15(21)18-7-3-5-13(11-18)8-16-9-14(19)20/h12-13,16H,2-11H2,1H3,(H,19,20). The van der Waals surface area contributed by atoms with Gasteiger partial charge in [0, 0.05) is 32.7 Å². The van der Waals surface area contributed by atoms with Crippen LogP contribution in [0.15, 0.2) is 0 Å². The average molecular weight is 297 g/mol. The number of rotatable bonds is 4. The summed E-state index contributed by atoms with van der Waals surface area (Å²) < 4.78 is 0. The Hall–Kier alpha value is -1.30. The van der Waals surface area contributed by atoms with Crippen LogP contribution in [0.25, 0.3) is 0 Å². The summed E-state index contributed by atoms with van der Waals surface area (Å²) in [4.78, 5) is 27.0. The molecule has 2 aliphatic heterocycles. The van der Waals surface area contributed by atoms with Crippen LogP contribution in [-0.4, -0.2) is 66.2 Å². The number of urea groups is 1. The summed E-state index contributed by atoms with van der Waals surface area (Å²) in [5, 5.41) is 11.6. The lowest BCUT2D eigenvalue weighted by atomic mass is 9.97. The third-order valence-electron chi connectivity index (χ3n) is 4.43. The van der Waals surface area contributed by atoms with Gasteiger partial charge in [-0.05, 0) is 37.5 Å². The first kappa shape index (κ1) is 16.1. The summed E-state index contributed by atoms with van der Waals surface area (Å²) in [6, 6.07) is 0.171. The highest BCUT2D eigenvalue weighted by atomic mass is 16.4. The molecule has 6 heteroatoms. The van der Waals surface area contributed by atoms with Gasteiger partial charge in [-0.25, -0.2) is 4.79 Å². The number of aliphatic carboxylic acids is 1. The van der Waals surface area contributed by atoms with E-state index in [0.717, 1.165) is 45.4 Å². The van der Waals surface area contributed by atoms with Crippen LogP contribution in [0.3, 0.4) is 0 Å². The van der Waals surface area contributed by atoms with Crippen LogP contribution in [-0.2, 0) is 4.79 Å². The topological polar surface area (TPSA) is 72.9 Å². The van der Waals surface area contributed by atoms with Crippen molar-refractivity contribution in [3.63, 3.8) is 0 Å². The molecular weight excluding hydrogens is 270 g/mol. The Bertz CT molecular complexity index is 375. The van der Waals surface area contributed by atoms with Crippen LogP contribution in [0.2, 0.25) is 0 Å². The van der Waals surface area contributed by atoms with Gasteiger partial charge in [0.15, 0.2) is 0 Å². The highest BCUT2D eigenvalue weighted by Crippen LogP contribution is 2.21. The number of likely N-dealkylation sites (tertiary alicyclic amines) is 2. The molecule has 0 spiro atoms. The van der Waals surface area contributed by atoms with Crippen molar-refractivity contribution in [2.24, 2.45) is 11.8 Å². The molecule has 0 aromatic carbocycles. The van der Waals surface area contributed by atoms with E-state index in [9.17, 15) is 9.59 Å². The number of hydrogen-bond donors (Lipinski definition) is 2. The fraction of sp³-hybridized carbons (Fsp3) is 0.867. The molecule has 6 nitrogen and oxygen atoms in total. The van der Waals surface area contributed by atoms with Crippen LogP contribution in [0.4, 0.5) is 4.79 Å². The smallest absolute Gasteiger partial charge is 0.320 e. The molecule has 2 atom stereocenters. The summed E-state index contributed by atoms with van der Waals surface area (Å²) in [5.74, 6) is 0.130. The minimum atomic E-state index is -0.832. The van der Waals surface area contributed by atoms with E-state index in [4.69, 9.17) is 5.11 Å². The maximum absolute atomic E-state index is 12.6. The molecule has 0 aliphatic carbocycles. The maximum atomic E-state index is 12.6. The second kappa shape index (κ2) is 7.64. The zero-order valence-electron chi connectivity index (χ0n) is 12.9. The molecular formula is C15H27N3O3. The number of carbonyl (C=O) groups excluding carboxylic acids is 1. The number of nitrogens with one attached hydrogen (secondary N) is 1. The minimum absolute atomic E-state index is 0.00587. The third-order valence-corrected chi connectivity index (χ3v) is 4.43. The van der Waals surface area contributed by atoms with Gasteiger partial charge in [-0.2, -0.15) is 0 Å². The zero-order valence-corrected chi connectivity index (χ0v) is 12.9. The van der Waals surface area contributed by atoms with Crippen LogP contribution in [0.5, 0.6) is 0 Å². The van der Waals surface area contributed by atoms with Crippen LogP contribution >= 0.6 is 0 Å². The lowest BCUT2D eigenvalue weighted by molar-refractivity contribution is -0.136. The number of amides is 2. The predicted octanol–water partition coefficient (Wildman–Crippen LogP) is 1.22. The van der Waals surface area contributed by atoms with Crippen molar-refractivity contribution in [3.8, 4) is 0 Å². The Balaban J connectivity index is 1.79. The van der Waals surface area contributed by atoms with E-state index in [1.165, 1.54) is 6.42 Å². The van der Waals surface area contributed by atoms with Gasteiger partial charge in [-0.15, -0.1) is 0 Å². The number of hydrogen-bond acceptors (Lipinski definition) is 3. The van der Waals surface area contributed by atoms with Gasteiger partial charge in [0.05, 0.1) is 6.54 Å². The molecule has 0 aromatic rings. The lowest BCUT2D eigenvalue weighted by Gasteiger charge is -2.39. The molecule has 2 heterocycles. The van der Waals surface area contributed by atoms with E-state index in [-0.39, 0.29) is 12.6 Å². The normalized spacial score (nSPS) is 26.7. The van der Waals surface area contributed by atoms with Crippen molar-refractivity contribution in [3.05, 3.63) is 0 Å². The van der Waals surface area contributed by atoms with E-state index in [1.54, 1.807) is 0 Å². The zero-order chi connectivity index (χ0) is 15.2. The largest absolute Gasteiger partial charge is 0.480 e. The van der Waals surface area contributed by atoms with Gasteiger partial charge in [-0.1, -0.05) is 6.92 Å². The highest BCUT2D eigenvalue weighted by Gasteiger charge is 2.29. The SMILES string of the molecule is CC1CCCN(C(=O)N2CCCC(CNCC(=O)O)C2)C1. The Morgan fingerprint density at radius 3 is 2.48 bits per heavy atom. The third kappa shape index (κ3) is 4.88. The molecule has 2 N–H and O–H groups in total. The molecule has 0 radical (unpaired) electrons. The van der Waals surface area contributed by atoms with Crippen molar-refractivity contribution in [2.45, 2.75) is 32.6 Å². The molecule has 21 heavy (non-hydrogen) atoms. The summed E-state index contributed by atoms with van der Waals surface area (Å²) in [6.45, 7) is 6.20. The molecule has 0 saturated carbocycles. The Kier molecular flexibility index (Phi) is 5.85. The molecule has 0 aromatic heterocycles. The molecule has 2 aliphatic rings. The van der Waals surface area contributed by atoms with Crippen molar-refractivity contribution < 1.29 is 14.7 Å². The van der Waals surface area contributed by atoms with Crippen LogP contribution in [0, 0.1) is 11.8 Å².